The van der Waals surface area contributed by atoms with Gasteiger partial charge in [-0.2, -0.15) is 0 Å². The van der Waals surface area contributed by atoms with Crippen LogP contribution in [-0.4, -0.2) is 59.4 Å². The summed E-state index contributed by atoms with van der Waals surface area (Å²) in [4.78, 5) is 17.7. The highest BCUT2D eigenvalue weighted by atomic mass is 19.1. The number of ketones is 1. The summed E-state index contributed by atoms with van der Waals surface area (Å²) in [7, 11) is 0. The number of hydrogen-bond acceptors (Lipinski definition) is 3. The Balaban J connectivity index is 1.62. The van der Waals surface area contributed by atoms with Crippen LogP contribution < -0.4 is 0 Å². The van der Waals surface area contributed by atoms with Gasteiger partial charge in [0, 0.05) is 56.2 Å². The molecule has 1 aromatic carbocycles. The van der Waals surface area contributed by atoms with Crippen LogP contribution in [-0.2, 0) is 6.54 Å². The van der Waals surface area contributed by atoms with Gasteiger partial charge in [-0.15, -0.1) is 0 Å². The van der Waals surface area contributed by atoms with Gasteiger partial charge in [-0.1, -0.05) is 26.0 Å². The lowest BCUT2D eigenvalue weighted by molar-refractivity contribution is 0.0837. The summed E-state index contributed by atoms with van der Waals surface area (Å²) in [5.41, 5.74) is 3.89. The summed E-state index contributed by atoms with van der Waals surface area (Å²) in [6, 6.07) is 8.55. The number of nitrogens with zero attached hydrogens (tertiary/aromatic N) is 3. The number of aromatic nitrogens is 1. The molecular formula is C23H32FN3O. The SMILES string of the molecule is Cc1cc(C(=O)CN2CCN(CC(C)C)CC2)c(C)n1Cc1ccc(F)cc1. The molecular weight excluding hydrogens is 353 g/mol. The van der Waals surface area contributed by atoms with Crippen LogP contribution in [0.3, 0.4) is 0 Å². The third-order valence-corrected chi connectivity index (χ3v) is 5.58. The highest BCUT2D eigenvalue weighted by Gasteiger charge is 2.22. The number of carbonyl (C=O) groups excluding carboxylic acids is 1. The largest absolute Gasteiger partial charge is 0.344 e. The van der Waals surface area contributed by atoms with Gasteiger partial charge < -0.3 is 9.47 Å². The molecule has 0 unspecified atom stereocenters. The van der Waals surface area contributed by atoms with E-state index in [0.29, 0.717) is 19.0 Å². The maximum absolute atomic E-state index is 13.1. The van der Waals surface area contributed by atoms with Crippen molar-refractivity contribution in [3.8, 4) is 0 Å². The van der Waals surface area contributed by atoms with E-state index in [-0.39, 0.29) is 11.6 Å². The fraction of sp³-hybridized carbons (Fsp3) is 0.522. The van der Waals surface area contributed by atoms with Crippen LogP contribution in [0.2, 0.25) is 0 Å². The summed E-state index contributed by atoms with van der Waals surface area (Å²) in [5, 5.41) is 0. The maximum Gasteiger partial charge on any atom is 0.178 e. The van der Waals surface area contributed by atoms with Gasteiger partial charge in [-0.25, -0.2) is 4.39 Å². The van der Waals surface area contributed by atoms with Crippen molar-refractivity contribution in [2.75, 3.05) is 39.3 Å². The van der Waals surface area contributed by atoms with Crippen LogP contribution in [0.25, 0.3) is 0 Å². The molecule has 0 spiro atoms. The molecule has 5 heteroatoms. The highest BCUT2D eigenvalue weighted by Crippen LogP contribution is 2.19. The van der Waals surface area contributed by atoms with Gasteiger partial charge in [-0.05, 0) is 43.5 Å². The summed E-state index contributed by atoms with van der Waals surface area (Å²) in [6.07, 6.45) is 0. The topological polar surface area (TPSA) is 28.5 Å². The van der Waals surface area contributed by atoms with Gasteiger partial charge in [0.25, 0.3) is 0 Å². The fourth-order valence-electron chi connectivity index (χ4n) is 4.03. The van der Waals surface area contributed by atoms with Gasteiger partial charge in [0.1, 0.15) is 5.82 Å². The number of Topliss-reactive ketones (excluding diaryl/α,β-unsaturated/α-hetero) is 1. The molecule has 1 saturated heterocycles. The van der Waals surface area contributed by atoms with Gasteiger partial charge >= 0.3 is 0 Å². The van der Waals surface area contributed by atoms with E-state index in [9.17, 15) is 9.18 Å². The van der Waals surface area contributed by atoms with Crippen molar-refractivity contribution >= 4 is 5.78 Å². The Morgan fingerprint density at radius 1 is 1.04 bits per heavy atom. The van der Waals surface area contributed by atoms with Crippen molar-refractivity contribution in [2.24, 2.45) is 5.92 Å². The van der Waals surface area contributed by atoms with E-state index in [4.69, 9.17) is 0 Å². The van der Waals surface area contributed by atoms with E-state index < -0.39 is 0 Å². The van der Waals surface area contributed by atoms with Crippen LogP contribution in [0, 0.1) is 25.6 Å². The number of hydrogen-bond donors (Lipinski definition) is 0. The molecule has 152 valence electrons. The second kappa shape index (κ2) is 9.01. The predicted octanol–water partition coefficient (Wildman–Crippen LogP) is 3.75. The van der Waals surface area contributed by atoms with Crippen LogP contribution in [0.15, 0.2) is 30.3 Å². The van der Waals surface area contributed by atoms with Crippen LogP contribution in [0.1, 0.15) is 41.2 Å². The molecule has 1 aliphatic heterocycles. The smallest absolute Gasteiger partial charge is 0.178 e. The number of halogens is 1. The number of piperazine rings is 1. The van der Waals surface area contributed by atoms with Crippen LogP contribution in [0.5, 0.6) is 0 Å². The lowest BCUT2D eigenvalue weighted by Gasteiger charge is -2.35. The molecule has 0 atom stereocenters. The van der Waals surface area contributed by atoms with Crippen molar-refractivity contribution in [3.63, 3.8) is 0 Å². The first kappa shape index (κ1) is 20.7. The Morgan fingerprint density at radius 2 is 1.64 bits per heavy atom. The average molecular weight is 386 g/mol. The van der Waals surface area contributed by atoms with Crippen molar-refractivity contribution in [2.45, 2.75) is 34.2 Å². The Morgan fingerprint density at radius 3 is 2.25 bits per heavy atom. The average Bonchev–Trinajstić information content (AvgIpc) is 2.93. The van der Waals surface area contributed by atoms with Crippen molar-refractivity contribution in [3.05, 3.63) is 58.7 Å². The first-order valence-electron chi connectivity index (χ1n) is 10.2. The first-order chi connectivity index (χ1) is 13.3. The van der Waals surface area contributed by atoms with E-state index in [2.05, 4.69) is 28.2 Å². The summed E-state index contributed by atoms with van der Waals surface area (Å²) in [5.74, 6) is 0.643. The monoisotopic (exact) mass is 385 g/mol. The van der Waals surface area contributed by atoms with Crippen LogP contribution >= 0.6 is 0 Å². The molecule has 28 heavy (non-hydrogen) atoms. The standard InChI is InChI=1S/C23H32FN3O/c1-17(2)14-25-9-11-26(12-10-25)16-23(28)22-13-18(3)27(19(22)4)15-20-5-7-21(24)8-6-20/h5-8,13,17H,9-12,14-16H2,1-4H3. The molecule has 3 rings (SSSR count). The van der Waals surface area contributed by atoms with Crippen LogP contribution in [0.4, 0.5) is 4.39 Å². The van der Waals surface area contributed by atoms with E-state index in [1.165, 1.54) is 12.1 Å². The predicted molar refractivity (Wildman–Crippen MR) is 111 cm³/mol. The number of aryl methyl sites for hydroxylation is 1. The third kappa shape index (κ3) is 5.09. The Bertz CT molecular complexity index is 802. The fourth-order valence-corrected chi connectivity index (χ4v) is 4.03. The number of benzene rings is 1. The lowest BCUT2D eigenvalue weighted by atomic mass is 10.1. The number of carbonyl (C=O) groups is 1. The molecule has 0 N–H and O–H groups in total. The van der Waals surface area contributed by atoms with Gasteiger partial charge in [0.15, 0.2) is 5.78 Å². The quantitative estimate of drug-likeness (QED) is 0.680. The molecule has 1 aromatic heterocycles. The van der Waals surface area contributed by atoms with Crippen molar-refractivity contribution < 1.29 is 9.18 Å². The minimum Gasteiger partial charge on any atom is -0.344 e. The molecule has 0 amide bonds. The van der Waals surface area contributed by atoms with E-state index >= 15 is 0 Å². The highest BCUT2D eigenvalue weighted by molar-refractivity contribution is 5.99. The maximum atomic E-state index is 13.1. The molecule has 0 aliphatic carbocycles. The molecule has 4 nitrogen and oxygen atoms in total. The zero-order valence-electron chi connectivity index (χ0n) is 17.5. The molecule has 0 radical (unpaired) electrons. The summed E-state index contributed by atoms with van der Waals surface area (Å²) >= 11 is 0. The van der Waals surface area contributed by atoms with Crippen molar-refractivity contribution in [1.29, 1.82) is 0 Å². The molecule has 1 fully saturated rings. The molecule has 0 saturated carbocycles. The molecule has 2 heterocycles. The molecule has 1 aliphatic rings. The zero-order valence-corrected chi connectivity index (χ0v) is 17.5. The van der Waals surface area contributed by atoms with E-state index in [1.54, 1.807) is 12.1 Å². The van der Waals surface area contributed by atoms with Gasteiger partial charge in [0.2, 0.25) is 0 Å². The number of rotatable bonds is 7. The normalized spacial score (nSPS) is 16.1. The Labute approximate surface area is 167 Å². The van der Waals surface area contributed by atoms with E-state index in [1.807, 2.05) is 19.9 Å². The Kier molecular flexibility index (Phi) is 6.68. The molecule has 0 bridgehead atoms. The molecule has 2 aromatic rings. The van der Waals surface area contributed by atoms with Gasteiger partial charge in [0.05, 0.1) is 6.54 Å². The lowest BCUT2D eigenvalue weighted by Crippen LogP contribution is -2.48. The Hall–Kier alpha value is -1.98. The minimum atomic E-state index is -0.228. The first-order valence-corrected chi connectivity index (χ1v) is 10.2. The second-order valence-corrected chi connectivity index (χ2v) is 8.39. The third-order valence-electron chi connectivity index (χ3n) is 5.58. The van der Waals surface area contributed by atoms with Gasteiger partial charge in [-0.3, -0.25) is 9.69 Å². The zero-order chi connectivity index (χ0) is 20.3. The minimum absolute atomic E-state index is 0.191. The summed E-state index contributed by atoms with van der Waals surface area (Å²) < 4.78 is 15.3. The second-order valence-electron chi connectivity index (χ2n) is 8.39. The van der Waals surface area contributed by atoms with Crippen molar-refractivity contribution in [1.82, 2.24) is 14.4 Å². The summed E-state index contributed by atoms with van der Waals surface area (Å²) in [6.45, 7) is 14.8. The van der Waals surface area contributed by atoms with E-state index in [0.717, 1.165) is 55.2 Å².